The fourth-order valence-corrected chi connectivity index (χ4v) is 4.16. The Kier molecular flexibility index (Phi) is 4.60. The third kappa shape index (κ3) is 3.74. The molecule has 1 amide bonds. The molecule has 144 valence electrons. The highest BCUT2D eigenvalue weighted by molar-refractivity contribution is 7.89. The van der Waals surface area contributed by atoms with E-state index in [9.17, 15) is 26.4 Å². The van der Waals surface area contributed by atoms with Gasteiger partial charge in [0.15, 0.2) is 0 Å². The van der Waals surface area contributed by atoms with Gasteiger partial charge in [-0.05, 0) is 19.1 Å². The number of aromatic nitrogens is 2. The number of fused-ring (bicyclic) bond motifs is 1. The molecule has 0 fully saturated rings. The summed E-state index contributed by atoms with van der Waals surface area (Å²) in [5.41, 5.74) is -1.08. The molecular weight excluding hydrogens is 385 g/mol. The van der Waals surface area contributed by atoms with Crippen LogP contribution in [0, 0.1) is 0 Å². The number of anilines is 1. The van der Waals surface area contributed by atoms with Crippen LogP contribution >= 0.6 is 0 Å². The monoisotopic (exact) mass is 400 g/mol. The first kappa shape index (κ1) is 19.1. The van der Waals surface area contributed by atoms with Crippen molar-refractivity contribution in [2.24, 2.45) is 7.05 Å². The van der Waals surface area contributed by atoms with Gasteiger partial charge in [0.05, 0.1) is 0 Å². The summed E-state index contributed by atoms with van der Waals surface area (Å²) in [6.07, 6.45) is 0.637. The molecular formula is C16H15F3N4O3S. The second-order valence-corrected chi connectivity index (χ2v) is 7.70. The van der Waals surface area contributed by atoms with E-state index in [0.717, 1.165) is 6.20 Å². The van der Waals surface area contributed by atoms with Gasteiger partial charge in [-0.2, -0.15) is 13.2 Å². The molecule has 1 aliphatic heterocycles. The lowest BCUT2D eigenvalue weighted by atomic mass is 10.2. The Labute approximate surface area is 153 Å². The first-order valence-electron chi connectivity index (χ1n) is 7.73. The fourth-order valence-electron chi connectivity index (χ4n) is 2.72. The number of nitrogens with zero attached hydrogens (tertiary/aromatic N) is 2. The summed E-state index contributed by atoms with van der Waals surface area (Å²) in [5, 5.41) is 2.36. The van der Waals surface area contributed by atoms with Crippen molar-refractivity contribution >= 4 is 27.7 Å². The number of carbonyl (C=O) groups is 1. The summed E-state index contributed by atoms with van der Waals surface area (Å²) in [7, 11) is -2.36. The molecule has 3 heterocycles. The zero-order chi connectivity index (χ0) is 20.0. The third-order valence-electron chi connectivity index (χ3n) is 3.89. The molecule has 0 aromatic carbocycles. The minimum atomic E-state index is -4.65. The zero-order valence-corrected chi connectivity index (χ0v) is 15.0. The van der Waals surface area contributed by atoms with Gasteiger partial charge in [-0.15, -0.1) is 0 Å². The predicted octanol–water partition coefficient (Wildman–Crippen LogP) is 2.38. The number of aryl methyl sites for hydroxylation is 1. The van der Waals surface area contributed by atoms with E-state index >= 15 is 0 Å². The number of alkyl halides is 3. The van der Waals surface area contributed by atoms with Gasteiger partial charge in [0.25, 0.3) is 5.91 Å². The third-order valence-corrected chi connectivity index (χ3v) is 5.48. The van der Waals surface area contributed by atoms with Crippen LogP contribution in [0.15, 0.2) is 35.5 Å². The molecule has 0 saturated heterocycles. The van der Waals surface area contributed by atoms with Crippen molar-refractivity contribution in [2.45, 2.75) is 24.0 Å². The average Bonchev–Trinajstić information content (AvgIpc) is 2.84. The van der Waals surface area contributed by atoms with E-state index in [2.05, 4.69) is 15.0 Å². The van der Waals surface area contributed by atoms with Gasteiger partial charge in [-0.25, -0.2) is 13.1 Å². The molecule has 27 heavy (non-hydrogen) atoms. The number of nitrogens with one attached hydrogen (secondary N) is 2. The van der Waals surface area contributed by atoms with Gasteiger partial charge in [0.2, 0.25) is 10.0 Å². The number of carbonyl (C=O) groups excluding carboxylic acids is 1. The van der Waals surface area contributed by atoms with Gasteiger partial charge < -0.3 is 9.88 Å². The maximum atomic E-state index is 12.8. The topological polar surface area (TPSA) is 93.1 Å². The molecule has 1 unspecified atom stereocenters. The molecule has 2 aromatic heterocycles. The van der Waals surface area contributed by atoms with Crippen LogP contribution < -0.4 is 10.0 Å². The molecule has 7 nitrogen and oxygen atoms in total. The first-order valence-corrected chi connectivity index (χ1v) is 9.22. The van der Waals surface area contributed by atoms with Crippen molar-refractivity contribution in [3.05, 3.63) is 47.6 Å². The lowest BCUT2D eigenvalue weighted by Crippen LogP contribution is -2.30. The van der Waals surface area contributed by atoms with Gasteiger partial charge in [0.1, 0.15) is 16.3 Å². The van der Waals surface area contributed by atoms with Crippen molar-refractivity contribution in [3.8, 4) is 0 Å². The largest absolute Gasteiger partial charge is 0.433 e. The van der Waals surface area contributed by atoms with Gasteiger partial charge in [-0.3, -0.25) is 9.78 Å². The number of amides is 1. The highest BCUT2D eigenvalue weighted by atomic mass is 32.2. The summed E-state index contributed by atoms with van der Waals surface area (Å²) in [6.45, 7) is 1.63. The summed E-state index contributed by atoms with van der Waals surface area (Å²) in [6, 6.07) is 1.44. The van der Waals surface area contributed by atoms with Crippen molar-refractivity contribution in [1.82, 2.24) is 14.3 Å². The van der Waals surface area contributed by atoms with Crippen LogP contribution in [0.1, 0.15) is 28.7 Å². The summed E-state index contributed by atoms with van der Waals surface area (Å²) in [5.74, 6) is -0.743. The lowest BCUT2D eigenvalue weighted by Gasteiger charge is -2.10. The average molecular weight is 400 g/mol. The molecule has 11 heteroatoms. The molecule has 2 aromatic rings. The second-order valence-electron chi connectivity index (χ2n) is 6.02. The number of sulfonamides is 1. The van der Waals surface area contributed by atoms with Crippen LogP contribution in [0.5, 0.6) is 0 Å². The van der Waals surface area contributed by atoms with Crippen molar-refractivity contribution in [1.29, 1.82) is 0 Å². The first-order chi connectivity index (χ1) is 12.5. The van der Waals surface area contributed by atoms with E-state index in [4.69, 9.17) is 0 Å². The highest BCUT2D eigenvalue weighted by Gasteiger charge is 2.33. The van der Waals surface area contributed by atoms with E-state index < -0.39 is 33.8 Å². The summed E-state index contributed by atoms with van der Waals surface area (Å²) >= 11 is 0. The highest BCUT2D eigenvalue weighted by Crippen LogP contribution is 2.30. The van der Waals surface area contributed by atoms with Crippen LogP contribution in [0.2, 0.25) is 0 Å². The van der Waals surface area contributed by atoms with Crippen LogP contribution in [-0.2, 0) is 23.2 Å². The number of hydrogen-bond acceptors (Lipinski definition) is 4. The lowest BCUT2D eigenvalue weighted by molar-refractivity contribution is -0.141. The zero-order valence-electron chi connectivity index (χ0n) is 14.2. The number of hydrogen-bond donors (Lipinski definition) is 2. The SMILES string of the molecule is CC1C=Cc2c(cn(C)c2C(=O)Nc2ccnc(C(F)(F)F)c2)S(=O)(=O)N1. The Hall–Kier alpha value is -2.66. The smallest absolute Gasteiger partial charge is 0.345 e. The van der Waals surface area contributed by atoms with Crippen molar-refractivity contribution in [3.63, 3.8) is 0 Å². The van der Waals surface area contributed by atoms with E-state index in [-0.39, 0.29) is 21.8 Å². The number of rotatable bonds is 2. The minimum absolute atomic E-state index is 0.00564. The molecule has 0 aliphatic carbocycles. The van der Waals surface area contributed by atoms with Crippen LogP contribution in [0.3, 0.4) is 0 Å². The second kappa shape index (κ2) is 6.50. The molecule has 0 saturated carbocycles. The molecule has 1 aliphatic rings. The van der Waals surface area contributed by atoms with Crippen LogP contribution in [0.25, 0.3) is 6.08 Å². The van der Waals surface area contributed by atoms with E-state index in [1.807, 2.05) is 0 Å². The summed E-state index contributed by atoms with van der Waals surface area (Å²) < 4.78 is 66.8. The van der Waals surface area contributed by atoms with E-state index in [1.54, 1.807) is 13.0 Å². The van der Waals surface area contributed by atoms with Crippen molar-refractivity contribution < 1.29 is 26.4 Å². The Bertz CT molecular complexity index is 1040. The Balaban J connectivity index is 2.00. The Morgan fingerprint density at radius 2 is 2.07 bits per heavy atom. The predicted molar refractivity (Wildman–Crippen MR) is 91.4 cm³/mol. The Morgan fingerprint density at radius 3 is 2.74 bits per heavy atom. The Morgan fingerprint density at radius 1 is 1.37 bits per heavy atom. The maximum absolute atomic E-state index is 12.8. The van der Waals surface area contributed by atoms with Gasteiger partial charge >= 0.3 is 6.18 Å². The molecule has 1 atom stereocenters. The van der Waals surface area contributed by atoms with Crippen molar-refractivity contribution in [2.75, 3.05) is 5.32 Å². The van der Waals surface area contributed by atoms with Crippen LogP contribution in [-0.4, -0.2) is 29.9 Å². The molecule has 0 radical (unpaired) electrons. The molecule has 0 spiro atoms. The minimum Gasteiger partial charge on any atom is -0.345 e. The van der Waals surface area contributed by atoms with Gasteiger partial charge in [-0.1, -0.05) is 12.2 Å². The maximum Gasteiger partial charge on any atom is 0.433 e. The van der Waals surface area contributed by atoms with Gasteiger partial charge in [0, 0.05) is 36.7 Å². The van der Waals surface area contributed by atoms with E-state index in [1.165, 1.54) is 30.0 Å². The number of halogens is 3. The quantitative estimate of drug-likeness (QED) is 0.810. The number of pyridine rings is 1. The van der Waals surface area contributed by atoms with Crippen LogP contribution in [0.4, 0.5) is 18.9 Å². The molecule has 3 rings (SSSR count). The van der Waals surface area contributed by atoms with E-state index in [0.29, 0.717) is 6.07 Å². The molecule has 0 bridgehead atoms. The molecule has 2 N–H and O–H groups in total. The standard InChI is InChI=1S/C16H15F3N4O3S/c1-9-3-4-11-12(27(25,26)22-9)8-23(2)14(11)15(24)21-10-5-6-20-13(7-10)16(17,18)19/h3-9,22H,1-2H3,(H,20,21,24). The summed E-state index contributed by atoms with van der Waals surface area (Å²) in [4.78, 5) is 15.8. The fraction of sp³-hybridized carbons (Fsp3) is 0.250. The normalized spacial score (nSPS) is 18.6.